The maximum Gasteiger partial charge on any atom is 0.200 e. The predicted octanol–water partition coefficient (Wildman–Crippen LogP) is 3.56. The molecular formula is C14H19B. The van der Waals surface area contributed by atoms with E-state index in [-0.39, 0.29) is 0 Å². The van der Waals surface area contributed by atoms with Crippen molar-refractivity contribution in [1.82, 2.24) is 0 Å². The lowest BCUT2D eigenvalue weighted by Gasteiger charge is -2.11. The Kier molecular flexibility index (Phi) is 3.96. The number of rotatable bonds is 4. The van der Waals surface area contributed by atoms with Crippen molar-refractivity contribution in [2.45, 2.75) is 27.1 Å². The molecule has 0 aliphatic carbocycles. The smallest absolute Gasteiger partial charge is 0.108 e. The summed E-state index contributed by atoms with van der Waals surface area (Å²) in [7, 11) is 0. The van der Waals surface area contributed by atoms with Crippen molar-refractivity contribution in [2.24, 2.45) is 0 Å². The number of hydrogen-bond donors (Lipinski definition) is 0. The molecule has 0 aliphatic rings. The molecule has 0 atom stereocenters. The van der Waals surface area contributed by atoms with Crippen LogP contribution in [0.2, 0.25) is 6.82 Å². The summed E-state index contributed by atoms with van der Waals surface area (Å²) in [6, 6.07) is 8.62. The second kappa shape index (κ2) is 5.02. The van der Waals surface area contributed by atoms with Crippen molar-refractivity contribution in [1.29, 1.82) is 0 Å². The van der Waals surface area contributed by atoms with E-state index in [1.807, 2.05) is 6.92 Å². The number of benzene rings is 1. The molecule has 78 valence electrons. The van der Waals surface area contributed by atoms with Crippen molar-refractivity contribution in [3.8, 4) is 0 Å². The fourth-order valence-corrected chi connectivity index (χ4v) is 1.60. The highest BCUT2D eigenvalue weighted by molar-refractivity contribution is 6.78. The van der Waals surface area contributed by atoms with E-state index in [9.17, 15) is 0 Å². The third-order valence-electron chi connectivity index (χ3n) is 2.97. The molecule has 0 nitrogen and oxygen atoms in total. The van der Waals surface area contributed by atoms with Gasteiger partial charge >= 0.3 is 0 Å². The topological polar surface area (TPSA) is 0 Å². The highest BCUT2D eigenvalue weighted by Crippen LogP contribution is 2.10. The van der Waals surface area contributed by atoms with Crippen LogP contribution in [-0.2, 0) is 0 Å². The van der Waals surface area contributed by atoms with E-state index < -0.39 is 0 Å². The zero-order valence-electron chi connectivity index (χ0n) is 10.0. The van der Waals surface area contributed by atoms with Crippen molar-refractivity contribution >= 4 is 17.7 Å². The third kappa shape index (κ3) is 2.85. The fraction of sp³-hybridized carbons (Fsp3) is 0.286. The first-order chi connectivity index (χ1) is 7.06. The van der Waals surface area contributed by atoms with Crippen LogP contribution in [0.1, 0.15) is 25.8 Å². The summed E-state index contributed by atoms with van der Waals surface area (Å²) in [5.74, 6) is 0. The normalized spacial score (nSPS) is 9.80. The van der Waals surface area contributed by atoms with E-state index in [2.05, 4.69) is 51.2 Å². The van der Waals surface area contributed by atoms with Gasteiger partial charge in [-0.1, -0.05) is 55.6 Å². The van der Waals surface area contributed by atoms with Gasteiger partial charge in [0, 0.05) is 0 Å². The monoisotopic (exact) mass is 198 g/mol. The zero-order chi connectivity index (χ0) is 11.4. The van der Waals surface area contributed by atoms with Crippen LogP contribution >= 0.6 is 0 Å². The summed E-state index contributed by atoms with van der Waals surface area (Å²) in [5, 5.41) is 0. The minimum absolute atomic E-state index is 0.453. The molecule has 0 fully saturated rings. The Balaban J connectivity index is 2.89. The van der Waals surface area contributed by atoms with Crippen LogP contribution in [0, 0.1) is 0 Å². The summed E-state index contributed by atoms with van der Waals surface area (Å²) in [4.78, 5) is 0. The molecule has 1 aromatic carbocycles. The van der Waals surface area contributed by atoms with E-state index in [4.69, 9.17) is 0 Å². The van der Waals surface area contributed by atoms with Crippen molar-refractivity contribution in [3.05, 3.63) is 48.5 Å². The van der Waals surface area contributed by atoms with Crippen LogP contribution in [0.15, 0.2) is 42.9 Å². The minimum atomic E-state index is 0.453. The molecule has 0 aliphatic heterocycles. The molecule has 0 heterocycles. The molecular weight excluding hydrogens is 179 g/mol. The van der Waals surface area contributed by atoms with Gasteiger partial charge < -0.3 is 0 Å². The first-order valence-electron chi connectivity index (χ1n) is 5.49. The molecule has 0 saturated heterocycles. The highest BCUT2D eigenvalue weighted by Gasteiger charge is 2.11. The molecule has 0 bridgehead atoms. The summed E-state index contributed by atoms with van der Waals surface area (Å²) in [6.07, 6.45) is 1.05. The zero-order valence-corrected chi connectivity index (χ0v) is 10.0. The van der Waals surface area contributed by atoms with Crippen LogP contribution in [0.25, 0.3) is 5.57 Å². The van der Waals surface area contributed by atoms with E-state index in [1.165, 1.54) is 16.5 Å². The molecule has 1 aromatic rings. The van der Waals surface area contributed by atoms with Gasteiger partial charge in [-0.15, -0.1) is 12.1 Å². The van der Waals surface area contributed by atoms with Crippen molar-refractivity contribution in [3.63, 3.8) is 0 Å². The van der Waals surface area contributed by atoms with E-state index >= 15 is 0 Å². The molecule has 0 unspecified atom stereocenters. The van der Waals surface area contributed by atoms with E-state index in [0.717, 1.165) is 12.0 Å². The average molecular weight is 198 g/mol. The molecule has 0 saturated carbocycles. The van der Waals surface area contributed by atoms with Gasteiger partial charge in [0.25, 0.3) is 0 Å². The van der Waals surface area contributed by atoms with Crippen LogP contribution in [0.3, 0.4) is 0 Å². The first-order valence-corrected chi connectivity index (χ1v) is 5.49. The SMILES string of the molecule is C=C(CC)B(C)c1ccc(C(=C)C)cc1. The van der Waals surface area contributed by atoms with E-state index in [0.29, 0.717) is 6.71 Å². The highest BCUT2D eigenvalue weighted by atomic mass is 14.0. The second-order valence-corrected chi connectivity index (χ2v) is 4.14. The van der Waals surface area contributed by atoms with Crippen LogP contribution < -0.4 is 5.46 Å². The first kappa shape index (κ1) is 11.8. The molecule has 0 N–H and O–H groups in total. The Morgan fingerprint density at radius 2 is 1.73 bits per heavy atom. The minimum Gasteiger partial charge on any atom is -0.108 e. The largest absolute Gasteiger partial charge is 0.200 e. The molecule has 0 aromatic heterocycles. The number of allylic oxidation sites excluding steroid dienone is 2. The van der Waals surface area contributed by atoms with Crippen LogP contribution in [0.4, 0.5) is 0 Å². The van der Waals surface area contributed by atoms with Gasteiger partial charge in [-0.2, -0.15) is 0 Å². The molecule has 0 amide bonds. The Hall–Kier alpha value is -1.24. The Morgan fingerprint density at radius 1 is 1.20 bits per heavy atom. The summed E-state index contributed by atoms with van der Waals surface area (Å²) < 4.78 is 0. The third-order valence-corrected chi connectivity index (χ3v) is 2.97. The maximum atomic E-state index is 4.09. The quantitative estimate of drug-likeness (QED) is 0.649. The Bertz CT molecular complexity index is 359. The molecule has 1 heteroatoms. The van der Waals surface area contributed by atoms with Gasteiger partial charge in [0.1, 0.15) is 0 Å². The summed E-state index contributed by atoms with van der Waals surface area (Å²) >= 11 is 0. The maximum absolute atomic E-state index is 4.09. The van der Waals surface area contributed by atoms with Gasteiger partial charge in [-0.3, -0.25) is 0 Å². The lowest BCUT2D eigenvalue weighted by Crippen LogP contribution is -2.28. The van der Waals surface area contributed by atoms with Gasteiger partial charge in [0.2, 0.25) is 0 Å². The van der Waals surface area contributed by atoms with E-state index in [1.54, 1.807) is 0 Å². The Labute approximate surface area is 93.8 Å². The van der Waals surface area contributed by atoms with Crippen molar-refractivity contribution < 1.29 is 0 Å². The molecule has 0 radical (unpaired) electrons. The van der Waals surface area contributed by atoms with Crippen LogP contribution in [0.5, 0.6) is 0 Å². The Morgan fingerprint density at radius 3 is 2.13 bits per heavy atom. The van der Waals surface area contributed by atoms with Gasteiger partial charge in [0.05, 0.1) is 0 Å². The lowest BCUT2D eigenvalue weighted by molar-refractivity contribution is 1.19. The summed E-state index contributed by atoms with van der Waals surface area (Å²) in [5.41, 5.74) is 4.96. The van der Waals surface area contributed by atoms with Gasteiger partial charge in [0.15, 0.2) is 6.71 Å². The second-order valence-electron chi connectivity index (χ2n) is 4.14. The van der Waals surface area contributed by atoms with Crippen molar-refractivity contribution in [2.75, 3.05) is 0 Å². The molecule has 1 rings (SSSR count). The lowest BCUT2D eigenvalue weighted by atomic mass is 9.42. The average Bonchev–Trinajstić information content (AvgIpc) is 2.27. The van der Waals surface area contributed by atoms with Crippen LogP contribution in [-0.4, -0.2) is 6.71 Å². The standard InChI is InChI=1S/C14H19B/c1-6-12(4)15(5)14-9-7-13(8-10-14)11(2)3/h7-10H,2,4,6H2,1,3,5H3. The molecule has 0 spiro atoms. The molecule has 15 heavy (non-hydrogen) atoms. The van der Waals surface area contributed by atoms with Gasteiger partial charge in [-0.05, 0) is 18.9 Å². The fourth-order valence-electron chi connectivity index (χ4n) is 1.60. The van der Waals surface area contributed by atoms with Gasteiger partial charge in [-0.25, -0.2) is 0 Å². The summed E-state index contributed by atoms with van der Waals surface area (Å²) in [6.45, 7) is 14.9. The predicted molar refractivity (Wildman–Crippen MR) is 71.8 cm³/mol. The number of hydrogen-bond acceptors (Lipinski definition) is 0.